The first-order chi connectivity index (χ1) is 10.7. The van der Waals surface area contributed by atoms with Gasteiger partial charge in [0.2, 0.25) is 5.91 Å². The average molecular weight is 318 g/mol. The molecule has 1 unspecified atom stereocenters. The molecule has 22 heavy (non-hydrogen) atoms. The van der Waals surface area contributed by atoms with Gasteiger partial charge in [-0.2, -0.15) is 0 Å². The van der Waals surface area contributed by atoms with Crippen LogP contribution in [0.15, 0.2) is 54.6 Å². The number of carbonyl (C=O) groups excluding carboxylic acids is 1. The number of nitrogens with one attached hydrogen (secondary N) is 1. The molecule has 0 spiro atoms. The van der Waals surface area contributed by atoms with Gasteiger partial charge in [0.1, 0.15) is 6.10 Å². The van der Waals surface area contributed by atoms with E-state index in [1.165, 1.54) is 0 Å². The Morgan fingerprint density at radius 2 is 1.82 bits per heavy atom. The Bertz CT molecular complexity index is 601. The molecular weight excluding hydrogens is 298 g/mol. The highest BCUT2D eigenvalue weighted by Crippen LogP contribution is 2.24. The Balaban J connectivity index is 1.83. The SMILES string of the molecule is COC(CNC(=O)CCc1ccccc1)c1ccccc1Cl. The molecule has 0 bridgehead atoms. The zero-order valence-electron chi connectivity index (χ0n) is 12.6. The van der Waals surface area contributed by atoms with Crippen LogP contribution in [0.4, 0.5) is 0 Å². The molecule has 2 aromatic carbocycles. The van der Waals surface area contributed by atoms with Crippen molar-refractivity contribution in [3.05, 3.63) is 70.7 Å². The highest BCUT2D eigenvalue weighted by Gasteiger charge is 2.14. The van der Waals surface area contributed by atoms with Crippen LogP contribution in [0, 0.1) is 0 Å². The number of methoxy groups -OCH3 is 1. The summed E-state index contributed by atoms with van der Waals surface area (Å²) in [4.78, 5) is 12.0. The molecule has 2 rings (SSSR count). The van der Waals surface area contributed by atoms with E-state index in [0.717, 1.165) is 17.5 Å². The van der Waals surface area contributed by atoms with Gasteiger partial charge in [-0.05, 0) is 18.1 Å². The van der Waals surface area contributed by atoms with E-state index in [1.807, 2.05) is 54.6 Å². The summed E-state index contributed by atoms with van der Waals surface area (Å²) in [7, 11) is 1.62. The number of ether oxygens (including phenoxy) is 1. The summed E-state index contributed by atoms with van der Waals surface area (Å²) in [5.74, 6) is 0.0120. The average Bonchev–Trinajstić information content (AvgIpc) is 2.56. The number of rotatable bonds is 7. The Morgan fingerprint density at radius 3 is 2.50 bits per heavy atom. The maximum absolute atomic E-state index is 12.0. The predicted octanol–water partition coefficient (Wildman–Crippen LogP) is 3.78. The highest BCUT2D eigenvalue weighted by molar-refractivity contribution is 6.31. The fourth-order valence-electron chi connectivity index (χ4n) is 2.25. The number of carbonyl (C=O) groups is 1. The van der Waals surface area contributed by atoms with E-state index in [9.17, 15) is 4.79 Å². The molecule has 0 heterocycles. The lowest BCUT2D eigenvalue weighted by Crippen LogP contribution is -2.29. The quantitative estimate of drug-likeness (QED) is 0.844. The number of hydrogen-bond donors (Lipinski definition) is 1. The van der Waals surface area contributed by atoms with E-state index < -0.39 is 0 Å². The molecule has 2 aromatic rings. The van der Waals surface area contributed by atoms with E-state index in [0.29, 0.717) is 18.0 Å². The molecule has 0 saturated heterocycles. The van der Waals surface area contributed by atoms with Gasteiger partial charge < -0.3 is 10.1 Å². The molecule has 4 heteroatoms. The first-order valence-electron chi connectivity index (χ1n) is 7.28. The van der Waals surface area contributed by atoms with Gasteiger partial charge in [-0.1, -0.05) is 60.1 Å². The fraction of sp³-hybridized carbons (Fsp3) is 0.278. The normalized spacial score (nSPS) is 11.9. The zero-order chi connectivity index (χ0) is 15.8. The van der Waals surface area contributed by atoms with Crippen molar-refractivity contribution in [2.45, 2.75) is 18.9 Å². The maximum atomic E-state index is 12.0. The molecule has 0 aliphatic rings. The summed E-state index contributed by atoms with van der Waals surface area (Å²) in [6, 6.07) is 17.5. The van der Waals surface area contributed by atoms with Crippen molar-refractivity contribution >= 4 is 17.5 Å². The number of aryl methyl sites for hydroxylation is 1. The smallest absolute Gasteiger partial charge is 0.220 e. The Kier molecular flexibility index (Phi) is 6.44. The molecule has 0 aliphatic carbocycles. The van der Waals surface area contributed by atoms with Gasteiger partial charge in [0, 0.05) is 30.7 Å². The first kappa shape index (κ1) is 16.5. The van der Waals surface area contributed by atoms with Crippen molar-refractivity contribution in [1.29, 1.82) is 0 Å². The van der Waals surface area contributed by atoms with Crippen LogP contribution in [0.3, 0.4) is 0 Å². The molecule has 1 N–H and O–H groups in total. The second kappa shape index (κ2) is 8.57. The molecule has 0 aliphatic heterocycles. The molecular formula is C18H20ClNO2. The van der Waals surface area contributed by atoms with Crippen molar-refractivity contribution in [2.75, 3.05) is 13.7 Å². The maximum Gasteiger partial charge on any atom is 0.220 e. The van der Waals surface area contributed by atoms with E-state index in [1.54, 1.807) is 7.11 Å². The number of halogens is 1. The summed E-state index contributed by atoms with van der Waals surface area (Å²) in [5, 5.41) is 3.55. The van der Waals surface area contributed by atoms with Gasteiger partial charge in [-0.3, -0.25) is 4.79 Å². The number of hydrogen-bond acceptors (Lipinski definition) is 2. The molecule has 3 nitrogen and oxygen atoms in total. The minimum absolute atomic E-state index is 0.0120. The molecule has 116 valence electrons. The Hall–Kier alpha value is -1.84. The molecule has 0 aromatic heterocycles. The van der Waals surface area contributed by atoms with Gasteiger partial charge in [0.25, 0.3) is 0 Å². The van der Waals surface area contributed by atoms with Crippen molar-refractivity contribution in [2.24, 2.45) is 0 Å². The summed E-state index contributed by atoms with van der Waals surface area (Å²) >= 11 is 6.16. The minimum atomic E-state index is -0.241. The second-order valence-corrected chi connectivity index (χ2v) is 5.44. The predicted molar refractivity (Wildman–Crippen MR) is 89.0 cm³/mol. The lowest BCUT2D eigenvalue weighted by molar-refractivity contribution is -0.121. The van der Waals surface area contributed by atoms with Crippen LogP contribution >= 0.6 is 11.6 Å². The van der Waals surface area contributed by atoms with E-state index in [-0.39, 0.29) is 12.0 Å². The Morgan fingerprint density at radius 1 is 1.14 bits per heavy atom. The lowest BCUT2D eigenvalue weighted by Gasteiger charge is -2.17. The summed E-state index contributed by atoms with van der Waals surface area (Å²) < 4.78 is 5.43. The highest BCUT2D eigenvalue weighted by atomic mass is 35.5. The molecule has 1 atom stereocenters. The van der Waals surface area contributed by atoms with E-state index in [4.69, 9.17) is 16.3 Å². The zero-order valence-corrected chi connectivity index (χ0v) is 13.3. The van der Waals surface area contributed by atoms with Crippen molar-refractivity contribution in [3.63, 3.8) is 0 Å². The van der Waals surface area contributed by atoms with Crippen LogP contribution in [-0.4, -0.2) is 19.6 Å². The number of amides is 1. The largest absolute Gasteiger partial charge is 0.375 e. The third kappa shape index (κ3) is 4.86. The molecule has 1 amide bonds. The van der Waals surface area contributed by atoms with Gasteiger partial charge in [0.05, 0.1) is 0 Å². The van der Waals surface area contributed by atoms with Crippen LogP contribution in [-0.2, 0) is 16.0 Å². The molecule has 0 radical (unpaired) electrons. The monoisotopic (exact) mass is 317 g/mol. The van der Waals surface area contributed by atoms with Crippen molar-refractivity contribution in [1.82, 2.24) is 5.32 Å². The summed E-state index contributed by atoms with van der Waals surface area (Å²) in [6.45, 7) is 0.411. The van der Waals surface area contributed by atoms with E-state index in [2.05, 4.69) is 5.32 Å². The molecule has 0 fully saturated rings. The van der Waals surface area contributed by atoms with Crippen molar-refractivity contribution < 1.29 is 9.53 Å². The van der Waals surface area contributed by atoms with Gasteiger partial charge in [-0.15, -0.1) is 0 Å². The molecule has 0 saturated carbocycles. The van der Waals surface area contributed by atoms with Crippen LogP contribution in [0.25, 0.3) is 0 Å². The van der Waals surface area contributed by atoms with Gasteiger partial charge in [-0.25, -0.2) is 0 Å². The van der Waals surface area contributed by atoms with Gasteiger partial charge >= 0.3 is 0 Å². The third-order valence-corrected chi connectivity index (χ3v) is 3.85. The fourth-order valence-corrected chi connectivity index (χ4v) is 2.51. The van der Waals surface area contributed by atoms with Crippen LogP contribution in [0.1, 0.15) is 23.7 Å². The lowest BCUT2D eigenvalue weighted by atomic mass is 10.1. The summed E-state index contributed by atoms with van der Waals surface area (Å²) in [6.07, 6.45) is 0.953. The Labute approximate surface area is 136 Å². The standard InChI is InChI=1S/C18H20ClNO2/c1-22-17(15-9-5-6-10-16(15)19)13-20-18(21)12-11-14-7-3-2-4-8-14/h2-10,17H,11-13H2,1H3,(H,20,21). The van der Waals surface area contributed by atoms with Crippen LogP contribution in [0.5, 0.6) is 0 Å². The first-order valence-corrected chi connectivity index (χ1v) is 7.66. The van der Waals surface area contributed by atoms with E-state index >= 15 is 0 Å². The van der Waals surface area contributed by atoms with Crippen LogP contribution in [0.2, 0.25) is 5.02 Å². The van der Waals surface area contributed by atoms with Gasteiger partial charge in [0.15, 0.2) is 0 Å². The minimum Gasteiger partial charge on any atom is -0.375 e. The summed E-state index contributed by atoms with van der Waals surface area (Å²) in [5.41, 5.74) is 2.04. The second-order valence-electron chi connectivity index (χ2n) is 5.04. The number of benzene rings is 2. The third-order valence-electron chi connectivity index (χ3n) is 3.50. The topological polar surface area (TPSA) is 38.3 Å². The van der Waals surface area contributed by atoms with Crippen LogP contribution < -0.4 is 5.32 Å². The van der Waals surface area contributed by atoms with Crippen molar-refractivity contribution in [3.8, 4) is 0 Å².